The SMILES string of the molecule is Cc1cc(N[C@@H]2CNCCC2N2CCCC2=O)c(F)cc1S(C)(=O)=O. The van der Waals surface area contributed by atoms with E-state index in [1.54, 1.807) is 6.92 Å². The second-order valence-corrected chi connectivity index (χ2v) is 8.86. The predicted molar refractivity (Wildman–Crippen MR) is 93.9 cm³/mol. The van der Waals surface area contributed by atoms with Crippen molar-refractivity contribution in [3.63, 3.8) is 0 Å². The smallest absolute Gasteiger partial charge is 0.222 e. The van der Waals surface area contributed by atoms with Crippen molar-refractivity contribution in [2.45, 2.75) is 43.2 Å². The molecule has 2 fully saturated rings. The Morgan fingerprint density at radius 3 is 2.76 bits per heavy atom. The first-order valence-electron chi connectivity index (χ1n) is 8.54. The van der Waals surface area contributed by atoms with Crippen LogP contribution in [0.5, 0.6) is 0 Å². The Balaban J connectivity index is 1.85. The molecule has 0 aliphatic carbocycles. The van der Waals surface area contributed by atoms with Gasteiger partial charge in [-0.3, -0.25) is 4.79 Å². The highest BCUT2D eigenvalue weighted by molar-refractivity contribution is 7.90. The molecular weight excluding hydrogens is 345 g/mol. The predicted octanol–water partition coefficient (Wildman–Crippen LogP) is 1.30. The molecule has 2 aliphatic rings. The molecule has 0 saturated carbocycles. The number of rotatable bonds is 4. The molecule has 0 bridgehead atoms. The quantitative estimate of drug-likeness (QED) is 0.837. The minimum absolute atomic E-state index is 0.00332. The van der Waals surface area contributed by atoms with Crippen LogP contribution in [0.15, 0.2) is 17.0 Å². The van der Waals surface area contributed by atoms with Crippen LogP contribution >= 0.6 is 0 Å². The van der Waals surface area contributed by atoms with E-state index in [0.717, 1.165) is 38.3 Å². The van der Waals surface area contributed by atoms with Crippen molar-refractivity contribution < 1.29 is 17.6 Å². The summed E-state index contributed by atoms with van der Waals surface area (Å²) < 4.78 is 37.9. The first-order valence-corrected chi connectivity index (χ1v) is 10.4. The third kappa shape index (κ3) is 3.79. The third-order valence-electron chi connectivity index (χ3n) is 4.96. The number of hydrogen-bond acceptors (Lipinski definition) is 5. The number of anilines is 1. The van der Waals surface area contributed by atoms with Crippen LogP contribution in [-0.4, -0.2) is 57.2 Å². The highest BCUT2D eigenvalue weighted by Crippen LogP contribution is 2.27. The topological polar surface area (TPSA) is 78.5 Å². The first kappa shape index (κ1) is 18.1. The largest absolute Gasteiger partial charge is 0.377 e. The number of sulfone groups is 1. The number of hydrogen-bond donors (Lipinski definition) is 2. The number of nitrogens with zero attached hydrogens (tertiary/aromatic N) is 1. The summed E-state index contributed by atoms with van der Waals surface area (Å²) in [7, 11) is -3.47. The number of aryl methyl sites for hydroxylation is 1. The van der Waals surface area contributed by atoms with Gasteiger partial charge in [0.25, 0.3) is 0 Å². The second kappa shape index (κ2) is 6.92. The monoisotopic (exact) mass is 369 g/mol. The summed E-state index contributed by atoms with van der Waals surface area (Å²) in [5.41, 5.74) is 0.777. The van der Waals surface area contributed by atoms with Crippen molar-refractivity contribution in [1.82, 2.24) is 10.2 Å². The van der Waals surface area contributed by atoms with E-state index in [0.29, 0.717) is 18.5 Å². The van der Waals surface area contributed by atoms with Gasteiger partial charge in [0.05, 0.1) is 22.7 Å². The van der Waals surface area contributed by atoms with Gasteiger partial charge in [0.2, 0.25) is 5.91 Å². The summed E-state index contributed by atoms with van der Waals surface area (Å²) in [6, 6.07) is 2.50. The maximum Gasteiger partial charge on any atom is 0.222 e. The van der Waals surface area contributed by atoms with E-state index in [1.165, 1.54) is 6.07 Å². The second-order valence-electron chi connectivity index (χ2n) is 6.87. The van der Waals surface area contributed by atoms with Crippen molar-refractivity contribution in [3.8, 4) is 0 Å². The van der Waals surface area contributed by atoms with Gasteiger partial charge in [-0.15, -0.1) is 0 Å². The highest BCUT2D eigenvalue weighted by atomic mass is 32.2. The van der Waals surface area contributed by atoms with Gasteiger partial charge in [-0.05, 0) is 44.0 Å². The Labute approximate surface area is 147 Å². The minimum Gasteiger partial charge on any atom is -0.377 e. The molecule has 1 aromatic carbocycles. The summed E-state index contributed by atoms with van der Waals surface area (Å²) in [6.07, 6.45) is 3.33. The number of benzene rings is 1. The molecule has 2 heterocycles. The molecule has 0 radical (unpaired) electrons. The lowest BCUT2D eigenvalue weighted by molar-refractivity contribution is -0.130. The van der Waals surface area contributed by atoms with E-state index >= 15 is 0 Å². The van der Waals surface area contributed by atoms with Crippen LogP contribution < -0.4 is 10.6 Å². The Kier molecular flexibility index (Phi) is 5.02. The molecule has 25 heavy (non-hydrogen) atoms. The Hall–Kier alpha value is -1.67. The molecule has 2 saturated heterocycles. The normalized spacial score (nSPS) is 24.6. The molecule has 2 aliphatic heterocycles. The zero-order chi connectivity index (χ0) is 18.2. The lowest BCUT2D eigenvalue weighted by atomic mass is 9.98. The zero-order valence-electron chi connectivity index (χ0n) is 14.5. The van der Waals surface area contributed by atoms with Gasteiger partial charge in [-0.2, -0.15) is 0 Å². The van der Waals surface area contributed by atoms with E-state index in [4.69, 9.17) is 0 Å². The van der Waals surface area contributed by atoms with Gasteiger partial charge in [-0.1, -0.05) is 0 Å². The number of nitrogens with one attached hydrogen (secondary N) is 2. The minimum atomic E-state index is -3.47. The molecule has 0 aromatic heterocycles. The van der Waals surface area contributed by atoms with Gasteiger partial charge in [0, 0.05) is 25.8 Å². The number of carbonyl (C=O) groups excluding carboxylic acids is 1. The molecule has 138 valence electrons. The van der Waals surface area contributed by atoms with E-state index in [-0.39, 0.29) is 28.6 Å². The molecule has 1 amide bonds. The van der Waals surface area contributed by atoms with Gasteiger partial charge < -0.3 is 15.5 Å². The van der Waals surface area contributed by atoms with Crippen LogP contribution in [0.3, 0.4) is 0 Å². The highest BCUT2D eigenvalue weighted by Gasteiger charge is 2.35. The number of carbonyl (C=O) groups is 1. The van der Waals surface area contributed by atoms with Crippen molar-refractivity contribution in [1.29, 1.82) is 0 Å². The van der Waals surface area contributed by atoms with Gasteiger partial charge in [-0.25, -0.2) is 12.8 Å². The van der Waals surface area contributed by atoms with E-state index in [1.807, 2.05) is 4.90 Å². The van der Waals surface area contributed by atoms with Crippen LogP contribution in [0.4, 0.5) is 10.1 Å². The van der Waals surface area contributed by atoms with Crippen LogP contribution in [0.2, 0.25) is 0 Å². The van der Waals surface area contributed by atoms with Crippen molar-refractivity contribution in [2.75, 3.05) is 31.2 Å². The molecule has 3 rings (SSSR count). The molecule has 2 atom stereocenters. The van der Waals surface area contributed by atoms with Crippen molar-refractivity contribution >= 4 is 21.4 Å². The van der Waals surface area contributed by atoms with Crippen LogP contribution in [0.1, 0.15) is 24.8 Å². The molecule has 6 nitrogen and oxygen atoms in total. The fraction of sp³-hybridized carbons (Fsp3) is 0.588. The third-order valence-corrected chi connectivity index (χ3v) is 6.20. The molecular formula is C17H24FN3O3S. The van der Waals surface area contributed by atoms with Gasteiger partial charge in [0.15, 0.2) is 9.84 Å². The van der Waals surface area contributed by atoms with Gasteiger partial charge >= 0.3 is 0 Å². The Morgan fingerprint density at radius 2 is 2.12 bits per heavy atom. The number of amides is 1. The summed E-state index contributed by atoms with van der Waals surface area (Å²) >= 11 is 0. The standard InChI is InChI=1S/C17H24FN3O3S/c1-11-8-13(12(18)9-16(11)25(2,23)24)20-14-10-19-6-5-15(14)21-7-3-4-17(21)22/h8-9,14-15,19-20H,3-7,10H2,1-2H3/t14-,15?/m1/s1. The molecule has 0 spiro atoms. The number of likely N-dealkylation sites (tertiary alicyclic amines) is 1. The Bertz CT molecular complexity index is 782. The maximum atomic E-state index is 14.5. The van der Waals surface area contributed by atoms with Crippen LogP contribution in [-0.2, 0) is 14.6 Å². The number of halogens is 1. The van der Waals surface area contributed by atoms with Crippen LogP contribution in [0.25, 0.3) is 0 Å². The average molecular weight is 369 g/mol. The molecule has 1 aromatic rings. The fourth-order valence-electron chi connectivity index (χ4n) is 3.76. The first-order chi connectivity index (χ1) is 11.8. The van der Waals surface area contributed by atoms with Crippen LogP contribution in [0, 0.1) is 12.7 Å². The summed E-state index contributed by atoms with van der Waals surface area (Å²) in [6.45, 7) is 3.85. The summed E-state index contributed by atoms with van der Waals surface area (Å²) in [5, 5.41) is 6.46. The van der Waals surface area contributed by atoms with E-state index in [9.17, 15) is 17.6 Å². The van der Waals surface area contributed by atoms with Crippen molar-refractivity contribution in [2.24, 2.45) is 0 Å². The number of piperidine rings is 1. The van der Waals surface area contributed by atoms with Crippen molar-refractivity contribution in [3.05, 3.63) is 23.5 Å². The maximum absolute atomic E-state index is 14.5. The summed E-state index contributed by atoms with van der Waals surface area (Å²) in [4.78, 5) is 14.0. The average Bonchev–Trinajstić information content (AvgIpc) is 2.96. The fourth-order valence-corrected chi connectivity index (χ4v) is 4.72. The molecule has 8 heteroatoms. The Morgan fingerprint density at radius 1 is 1.36 bits per heavy atom. The zero-order valence-corrected chi connectivity index (χ0v) is 15.3. The molecule has 2 N–H and O–H groups in total. The van der Waals surface area contributed by atoms with E-state index < -0.39 is 15.7 Å². The summed E-state index contributed by atoms with van der Waals surface area (Å²) in [5.74, 6) is -0.439. The lowest BCUT2D eigenvalue weighted by Crippen LogP contribution is -2.56. The van der Waals surface area contributed by atoms with Gasteiger partial charge in [0.1, 0.15) is 5.82 Å². The lowest BCUT2D eigenvalue weighted by Gasteiger charge is -2.39. The molecule has 1 unspecified atom stereocenters. The van der Waals surface area contributed by atoms with E-state index in [2.05, 4.69) is 10.6 Å².